The average molecular weight is 235 g/mol. The molecule has 1 aliphatic rings. The quantitative estimate of drug-likeness (QED) is 0.462. The zero-order valence-electron chi connectivity index (χ0n) is 9.48. The lowest BCUT2D eigenvalue weighted by Gasteiger charge is -2.00. The maximum atomic E-state index is 7.47. The molecule has 0 amide bonds. The maximum Gasteiger partial charge on any atom is 0.152 e. The van der Waals surface area contributed by atoms with Gasteiger partial charge in [0, 0.05) is 18.0 Å². The van der Waals surface area contributed by atoms with Crippen LogP contribution in [0.1, 0.15) is 36.8 Å². The van der Waals surface area contributed by atoms with Crippen LogP contribution in [0.5, 0.6) is 0 Å². The third kappa shape index (κ3) is 3.77. The van der Waals surface area contributed by atoms with Crippen LogP contribution >= 0.6 is 12.6 Å². The fourth-order valence-corrected chi connectivity index (χ4v) is 1.32. The molecule has 1 aromatic heterocycles. The first-order valence-electron chi connectivity index (χ1n) is 5.34. The van der Waals surface area contributed by atoms with E-state index in [1.807, 2.05) is 19.2 Å². The van der Waals surface area contributed by atoms with Crippen molar-refractivity contribution in [2.45, 2.75) is 25.7 Å². The standard InChI is InChI=1S/C10H11N3.C2H6S/c1-12-10(11)9-4-8(5-13-6-9)7-2-3-7;1-2-3/h4-7,11H,1-3H2;3H,2H2,1H3. The first kappa shape index (κ1) is 12.9. The van der Waals surface area contributed by atoms with E-state index in [4.69, 9.17) is 5.41 Å². The van der Waals surface area contributed by atoms with Gasteiger partial charge in [0.05, 0.1) is 0 Å². The number of hydrogen-bond donors (Lipinski definition) is 2. The Morgan fingerprint density at radius 3 is 2.75 bits per heavy atom. The van der Waals surface area contributed by atoms with Gasteiger partial charge in [-0.25, -0.2) is 4.99 Å². The highest BCUT2D eigenvalue weighted by Crippen LogP contribution is 2.39. The number of nitrogens with one attached hydrogen (secondary N) is 1. The number of pyridine rings is 1. The summed E-state index contributed by atoms with van der Waals surface area (Å²) in [5.74, 6) is 1.82. The van der Waals surface area contributed by atoms with Crippen LogP contribution in [-0.4, -0.2) is 23.3 Å². The minimum Gasteiger partial charge on any atom is -0.282 e. The molecule has 0 spiro atoms. The van der Waals surface area contributed by atoms with Crippen molar-refractivity contribution in [3.05, 3.63) is 29.6 Å². The lowest BCUT2D eigenvalue weighted by atomic mass is 10.1. The molecule has 0 unspecified atom stereocenters. The van der Waals surface area contributed by atoms with Crippen molar-refractivity contribution in [3.63, 3.8) is 0 Å². The van der Waals surface area contributed by atoms with Gasteiger partial charge in [-0.2, -0.15) is 12.6 Å². The summed E-state index contributed by atoms with van der Waals surface area (Å²) in [6, 6.07) is 1.99. The molecule has 86 valence electrons. The van der Waals surface area contributed by atoms with Crippen LogP contribution in [0.15, 0.2) is 23.5 Å². The van der Waals surface area contributed by atoms with Crippen LogP contribution in [0.2, 0.25) is 0 Å². The molecule has 0 radical (unpaired) electrons. The molecular formula is C12H17N3S. The van der Waals surface area contributed by atoms with Crippen LogP contribution in [0.25, 0.3) is 0 Å². The highest BCUT2D eigenvalue weighted by Gasteiger charge is 2.23. The normalized spacial score (nSPS) is 13.6. The van der Waals surface area contributed by atoms with Gasteiger partial charge in [0.25, 0.3) is 0 Å². The predicted molar refractivity (Wildman–Crippen MR) is 72.1 cm³/mol. The van der Waals surface area contributed by atoms with Crippen LogP contribution in [0.4, 0.5) is 0 Å². The van der Waals surface area contributed by atoms with Crippen LogP contribution in [-0.2, 0) is 0 Å². The van der Waals surface area contributed by atoms with E-state index in [1.165, 1.54) is 18.4 Å². The Morgan fingerprint density at radius 1 is 1.62 bits per heavy atom. The molecule has 1 aliphatic carbocycles. The molecule has 0 aliphatic heterocycles. The number of aromatic nitrogens is 1. The van der Waals surface area contributed by atoms with E-state index >= 15 is 0 Å². The van der Waals surface area contributed by atoms with E-state index in [9.17, 15) is 0 Å². The minimum absolute atomic E-state index is 0.204. The Bertz CT molecular complexity index is 372. The highest BCUT2D eigenvalue weighted by atomic mass is 32.1. The summed E-state index contributed by atoms with van der Waals surface area (Å²) in [6.07, 6.45) is 6.03. The summed E-state index contributed by atoms with van der Waals surface area (Å²) in [4.78, 5) is 7.66. The largest absolute Gasteiger partial charge is 0.282 e. The molecule has 0 aromatic carbocycles. The van der Waals surface area contributed by atoms with Gasteiger partial charge >= 0.3 is 0 Å². The molecule has 1 heterocycles. The third-order valence-electron chi connectivity index (χ3n) is 2.24. The zero-order valence-corrected chi connectivity index (χ0v) is 10.4. The Morgan fingerprint density at radius 2 is 2.25 bits per heavy atom. The molecule has 16 heavy (non-hydrogen) atoms. The zero-order chi connectivity index (χ0) is 12.0. The molecule has 2 rings (SSSR count). The fourth-order valence-electron chi connectivity index (χ4n) is 1.32. The van der Waals surface area contributed by atoms with E-state index in [-0.39, 0.29) is 5.84 Å². The summed E-state index contributed by atoms with van der Waals surface area (Å²) in [7, 11) is 0. The number of aliphatic imine (C=N–C) groups is 1. The highest BCUT2D eigenvalue weighted by molar-refractivity contribution is 7.80. The van der Waals surface area contributed by atoms with E-state index in [0.29, 0.717) is 5.92 Å². The fraction of sp³-hybridized carbons (Fsp3) is 0.417. The van der Waals surface area contributed by atoms with Gasteiger partial charge in [0.1, 0.15) is 0 Å². The van der Waals surface area contributed by atoms with Crippen molar-refractivity contribution in [3.8, 4) is 0 Å². The Kier molecular flexibility index (Phi) is 5.19. The minimum atomic E-state index is 0.204. The van der Waals surface area contributed by atoms with E-state index in [1.54, 1.807) is 6.20 Å². The number of nitrogens with zero attached hydrogens (tertiary/aromatic N) is 2. The second-order valence-electron chi connectivity index (χ2n) is 3.60. The summed E-state index contributed by atoms with van der Waals surface area (Å²) in [5.41, 5.74) is 1.99. The van der Waals surface area contributed by atoms with Crippen molar-refractivity contribution >= 4 is 25.2 Å². The van der Waals surface area contributed by atoms with E-state index < -0.39 is 0 Å². The monoisotopic (exact) mass is 235 g/mol. The SMILES string of the molecule is C=NC(=N)c1cncc(C2CC2)c1.CCS. The van der Waals surface area contributed by atoms with Crippen molar-refractivity contribution in [1.29, 1.82) is 5.41 Å². The molecule has 1 saturated carbocycles. The second-order valence-corrected chi connectivity index (χ2v) is 4.24. The van der Waals surface area contributed by atoms with Gasteiger partial charge in [0.15, 0.2) is 5.84 Å². The first-order chi connectivity index (χ1) is 7.72. The first-order valence-corrected chi connectivity index (χ1v) is 5.97. The van der Waals surface area contributed by atoms with Crippen molar-refractivity contribution < 1.29 is 0 Å². The number of hydrogen-bond acceptors (Lipinski definition) is 3. The molecule has 1 aromatic rings. The molecule has 1 fully saturated rings. The predicted octanol–water partition coefficient (Wildman–Crippen LogP) is 2.92. The third-order valence-corrected chi connectivity index (χ3v) is 2.24. The molecule has 0 bridgehead atoms. The Balaban J connectivity index is 0.000000386. The smallest absolute Gasteiger partial charge is 0.152 e. The molecular weight excluding hydrogens is 218 g/mol. The number of rotatable bonds is 2. The van der Waals surface area contributed by atoms with Crippen molar-refractivity contribution in [1.82, 2.24) is 4.98 Å². The second kappa shape index (κ2) is 6.43. The lowest BCUT2D eigenvalue weighted by molar-refractivity contribution is 1.09. The van der Waals surface area contributed by atoms with Gasteiger partial charge in [-0.1, -0.05) is 6.92 Å². The van der Waals surface area contributed by atoms with Gasteiger partial charge in [-0.15, -0.1) is 0 Å². The molecule has 4 heteroatoms. The Labute approximate surface area is 102 Å². The van der Waals surface area contributed by atoms with Gasteiger partial charge in [0.2, 0.25) is 0 Å². The van der Waals surface area contributed by atoms with Gasteiger partial charge in [-0.05, 0) is 42.9 Å². The van der Waals surface area contributed by atoms with Gasteiger partial charge in [-0.3, -0.25) is 10.4 Å². The van der Waals surface area contributed by atoms with E-state index in [2.05, 4.69) is 29.3 Å². The molecule has 0 saturated heterocycles. The van der Waals surface area contributed by atoms with Crippen molar-refractivity contribution in [2.75, 3.05) is 5.75 Å². The van der Waals surface area contributed by atoms with Crippen molar-refractivity contribution in [2.24, 2.45) is 4.99 Å². The van der Waals surface area contributed by atoms with Crippen LogP contribution in [0, 0.1) is 5.41 Å². The maximum absolute atomic E-state index is 7.47. The summed E-state index contributed by atoms with van der Waals surface area (Å²) < 4.78 is 0. The summed E-state index contributed by atoms with van der Waals surface area (Å²) in [6.45, 7) is 5.31. The van der Waals surface area contributed by atoms with Crippen LogP contribution in [0.3, 0.4) is 0 Å². The lowest BCUT2D eigenvalue weighted by Crippen LogP contribution is -1.96. The summed E-state index contributed by atoms with van der Waals surface area (Å²) in [5, 5.41) is 7.47. The Hall–Kier alpha value is -1.16. The number of thiol groups is 1. The van der Waals surface area contributed by atoms with Gasteiger partial charge < -0.3 is 0 Å². The topological polar surface area (TPSA) is 49.1 Å². The number of amidine groups is 1. The summed E-state index contributed by atoms with van der Waals surface area (Å²) >= 11 is 3.79. The molecule has 1 N–H and O–H groups in total. The van der Waals surface area contributed by atoms with E-state index in [0.717, 1.165) is 11.3 Å². The van der Waals surface area contributed by atoms with Crippen LogP contribution < -0.4 is 0 Å². The molecule has 0 atom stereocenters. The average Bonchev–Trinajstić information content (AvgIpc) is 3.13. The molecule has 3 nitrogen and oxygen atoms in total.